The van der Waals surface area contributed by atoms with Crippen LogP contribution in [0.2, 0.25) is 0 Å². The summed E-state index contributed by atoms with van der Waals surface area (Å²) in [5.41, 5.74) is 2.82. The number of benzene rings is 3. The summed E-state index contributed by atoms with van der Waals surface area (Å²) in [5.74, 6) is -0.413. The topological polar surface area (TPSA) is 66.9 Å². The highest BCUT2D eigenvalue weighted by Crippen LogP contribution is 2.31. The van der Waals surface area contributed by atoms with Gasteiger partial charge in [0.1, 0.15) is 5.75 Å². The van der Waals surface area contributed by atoms with Crippen LogP contribution in [0.3, 0.4) is 0 Å². The van der Waals surface area contributed by atoms with E-state index in [1.165, 1.54) is 4.90 Å². The molecule has 1 heterocycles. The first-order valence-electron chi connectivity index (χ1n) is 10.1. The number of hydrogen-bond acceptors (Lipinski definition) is 4. The van der Waals surface area contributed by atoms with E-state index < -0.39 is 0 Å². The fourth-order valence-electron chi connectivity index (χ4n) is 3.73. The quantitative estimate of drug-likeness (QED) is 0.467. The van der Waals surface area contributed by atoms with E-state index in [4.69, 9.17) is 4.74 Å². The maximum Gasteiger partial charge on any atom is 0.261 e. The molecule has 3 aromatic rings. The fraction of sp³-hybridized carbons (Fsp3) is 0.160. The van der Waals surface area contributed by atoms with E-state index in [-0.39, 0.29) is 30.8 Å². The van der Waals surface area contributed by atoms with Crippen molar-refractivity contribution < 1.29 is 19.1 Å². The van der Waals surface area contributed by atoms with E-state index >= 15 is 0 Å². The van der Waals surface area contributed by atoms with Crippen molar-refractivity contribution in [2.75, 3.05) is 25.1 Å². The number of anilines is 1. The molecule has 0 saturated carbocycles. The van der Waals surface area contributed by atoms with E-state index in [1.54, 1.807) is 60.5 Å². The van der Waals surface area contributed by atoms with Gasteiger partial charge in [0.25, 0.3) is 17.7 Å². The van der Waals surface area contributed by atoms with Gasteiger partial charge < -0.3 is 9.64 Å². The highest BCUT2D eigenvalue weighted by atomic mass is 79.9. The number of carbonyl (C=O) groups excluding carboxylic acids is 3. The van der Waals surface area contributed by atoms with Gasteiger partial charge in [-0.05, 0) is 61.0 Å². The summed E-state index contributed by atoms with van der Waals surface area (Å²) in [7, 11) is 1.55. The zero-order chi connectivity index (χ0) is 22.8. The van der Waals surface area contributed by atoms with Crippen LogP contribution in [0.25, 0.3) is 0 Å². The number of hydrogen-bond donors (Lipinski definition) is 0. The van der Waals surface area contributed by atoms with E-state index in [0.717, 1.165) is 10.0 Å². The lowest BCUT2D eigenvalue weighted by Gasteiger charge is -2.27. The number of ether oxygens (including phenoxy) is 1. The highest BCUT2D eigenvalue weighted by molar-refractivity contribution is 9.10. The molecule has 1 aliphatic rings. The molecule has 0 atom stereocenters. The van der Waals surface area contributed by atoms with E-state index in [0.29, 0.717) is 28.1 Å². The molecule has 4 rings (SSSR count). The standard InChI is InChI=1S/C25H21BrN2O4/c1-16-7-12-21(22(15-16)32-2)27(23(29)17-8-10-18(26)11-9-17)13-14-28-24(30)19-5-3-4-6-20(19)25(28)31/h3-12,15H,13-14H2,1-2H3. The van der Waals surface area contributed by atoms with Crippen LogP contribution in [0, 0.1) is 6.92 Å². The maximum atomic E-state index is 13.5. The summed E-state index contributed by atoms with van der Waals surface area (Å²) < 4.78 is 6.39. The van der Waals surface area contributed by atoms with Crippen LogP contribution in [0.1, 0.15) is 36.6 Å². The van der Waals surface area contributed by atoms with Crippen LogP contribution in [0.4, 0.5) is 5.69 Å². The van der Waals surface area contributed by atoms with Crippen LogP contribution >= 0.6 is 15.9 Å². The number of amides is 3. The minimum absolute atomic E-state index is 0.0612. The summed E-state index contributed by atoms with van der Waals surface area (Å²) >= 11 is 3.38. The molecule has 3 amide bonds. The molecule has 1 aliphatic heterocycles. The Morgan fingerprint density at radius 1 is 0.969 bits per heavy atom. The molecule has 0 aliphatic carbocycles. The molecule has 6 nitrogen and oxygen atoms in total. The van der Waals surface area contributed by atoms with Crippen LogP contribution in [-0.2, 0) is 0 Å². The molecule has 7 heteroatoms. The lowest BCUT2D eigenvalue weighted by molar-refractivity contribution is 0.0654. The number of rotatable bonds is 6. The van der Waals surface area contributed by atoms with Crippen molar-refractivity contribution in [1.82, 2.24) is 4.90 Å². The molecule has 3 aromatic carbocycles. The summed E-state index contributed by atoms with van der Waals surface area (Å²) in [6, 6.07) is 19.3. The van der Waals surface area contributed by atoms with Gasteiger partial charge in [0, 0.05) is 23.1 Å². The number of fused-ring (bicyclic) bond motifs is 1. The Hall–Kier alpha value is -3.45. The van der Waals surface area contributed by atoms with Crippen molar-refractivity contribution in [3.8, 4) is 5.75 Å². The van der Waals surface area contributed by atoms with Crippen LogP contribution in [0.5, 0.6) is 5.75 Å². The molecular weight excluding hydrogens is 472 g/mol. The maximum absolute atomic E-state index is 13.5. The third-order valence-electron chi connectivity index (χ3n) is 5.39. The van der Waals surface area contributed by atoms with Gasteiger partial charge in [-0.15, -0.1) is 0 Å². The van der Waals surface area contributed by atoms with E-state index in [1.807, 2.05) is 25.1 Å². The number of halogens is 1. The van der Waals surface area contributed by atoms with E-state index in [9.17, 15) is 14.4 Å². The normalized spacial score (nSPS) is 12.7. The number of imide groups is 1. The third kappa shape index (κ3) is 4.03. The Balaban J connectivity index is 1.66. The van der Waals surface area contributed by atoms with Gasteiger partial charge in [-0.25, -0.2) is 0 Å². The second-order valence-electron chi connectivity index (χ2n) is 7.45. The predicted molar refractivity (Wildman–Crippen MR) is 125 cm³/mol. The summed E-state index contributed by atoms with van der Waals surface area (Å²) in [4.78, 5) is 41.7. The molecule has 0 aromatic heterocycles. The Morgan fingerprint density at radius 2 is 1.59 bits per heavy atom. The SMILES string of the molecule is COc1cc(C)ccc1N(CCN1C(=O)c2ccccc2C1=O)C(=O)c1ccc(Br)cc1. The first-order valence-corrected chi connectivity index (χ1v) is 10.9. The number of carbonyl (C=O) groups is 3. The van der Waals surface area contributed by atoms with Crippen molar-refractivity contribution in [1.29, 1.82) is 0 Å². The second kappa shape index (κ2) is 8.96. The largest absolute Gasteiger partial charge is 0.495 e. The number of aryl methyl sites for hydroxylation is 1. The molecule has 0 radical (unpaired) electrons. The van der Waals surface area contributed by atoms with Gasteiger partial charge in [-0.1, -0.05) is 34.1 Å². The molecule has 0 unspecified atom stereocenters. The van der Waals surface area contributed by atoms with E-state index in [2.05, 4.69) is 15.9 Å². The first kappa shape index (κ1) is 21.8. The molecule has 0 bridgehead atoms. The highest BCUT2D eigenvalue weighted by Gasteiger charge is 2.35. The monoisotopic (exact) mass is 492 g/mol. The Bertz CT molecular complexity index is 1170. The number of nitrogens with zero attached hydrogens (tertiary/aromatic N) is 2. The van der Waals surface area contributed by atoms with Crippen molar-refractivity contribution in [2.24, 2.45) is 0 Å². The van der Waals surface area contributed by atoms with Crippen LogP contribution in [-0.4, -0.2) is 42.8 Å². The zero-order valence-electron chi connectivity index (χ0n) is 17.7. The lowest BCUT2D eigenvalue weighted by Crippen LogP contribution is -2.41. The smallest absolute Gasteiger partial charge is 0.261 e. The average Bonchev–Trinajstić information content (AvgIpc) is 3.05. The molecule has 0 saturated heterocycles. The molecule has 162 valence electrons. The molecular formula is C25H21BrN2O4. The zero-order valence-corrected chi connectivity index (χ0v) is 19.3. The minimum atomic E-state index is -0.350. The van der Waals surface area contributed by atoms with Gasteiger partial charge in [0.15, 0.2) is 0 Å². The van der Waals surface area contributed by atoms with Crippen LogP contribution in [0.15, 0.2) is 71.2 Å². The van der Waals surface area contributed by atoms with Crippen molar-refractivity contribution in [2.45, 2.75) is 6.92 Å². The molecule has 0 fully saturated rings. The van der Waals surface area contributed by atoms with Gasteiger partial charge in [-0.3, -0.25) is 19.3 Å². The van der Waals surface area contributed by atoms with Gasteiger partial charge in [0.2, 0.25) is 0 Å². The molecule has 0 spiro atoms. The number of methoxy groups -OCH3 is 1. The van der Waals surface area contributed by atoms with Crippen LogP contribution < -0.4 is 9.64 Å². The lowest BCUT2D eigenvalue weighted by atomic mass is 10.1. The molecule has 32 heavy (non-hydrogen) atoms. The Kier molecular flexibility index (Phi) is 6.10. The summed E-state index contributed by atoms with van der Waals surface area (Å²) in [6.45, 7) is 2.12. The molecule has 0 N–H and O–H groups in total. The van der Waals surface area contributed by atoms with Crippen molar-refractivity contribution in [3.05, 3.63) is 93.5 Å². The first-order chi connectivity index (χ1) is 15.4. The third-order valence-corrected chi connectivity index (χ3v) is 5.92. The summed E-state index contributed by atoms with van der Waals surface area (Å²) in [5, 5.41) is 0. The average molecular weight is 493 g/mol. The van der Waals surface area contributed by atoms with Gasteiger partial charge in [-0.2, -0.15) is 0 Å². The van der Waals surface area contributed by atoms with Crippen molar-refractivity contribution >= 4 is 39.3 Å². The minimum Gasteiger partial charge on any atom is -0.495 e. The Labute approximate surface area is 194 Å². The summed E-state index contributed by atoms with van der Waals surface area (Å²) in [6.07, 6.45) is 0. The predicted octanol–water partition coefficient (Wildman–Crippen LogP) is 4.71. The van der Waals surface area contributed by atoms with Gasteiger partial charge >= 0.3 is 0 Å². The fourth-order valence-corrected chi connectivity index (χ4v) is 3.99. The Morgan fingerprint density at radius 3 is 2.19 bits per heavy atom. The van der Waals surface area contributed by atoms with Crippen molar-refractivity contribution in [3.63, 3.8) is 0 Å². The van der Waals surface area contributed by atoms with Gasteiger partial charge in [0.05, 0.1) is 23.9 Å². The second-order valence-corrected chi connectivity index (χ2v) is 8.36.